The number of nitrogen functional groups attached to an aromatic ring is 1. The Balaban J connectivity index is 0.00000205. The highest BCUT2D eigenvalue weighted by Gasteiger charge is 2.30. The van der Waals surface area contributed by atoms with Crippen LogP contribution in [-0.4, -0.2) is 52.5 Å². The minimum atomic E-state index is -0.0297. The number of nitrogens with one attached hydrogen (secondary N) is 1. The Labute approximate surface area is 232 Å². The average molecular weight is 530 g/mol. The zero-order chi connectivity index (χ0) is 28.2. The summed E-state index contributed by atoms with van der Waals surface area (Å²) in [5.41, 5.74) is 17.8. The fourth-order valence-corrected chi connectivity index (χ4v) is 4.58. The van der Waals surface area contributed by atoms with Gasteiger partial charge in [0, 0.05) is 54.9 Å². The fourth-order valence-electron chi connectivity index (χ4n) is 4.58. The van der Waals surface area contributed by atoms with Crippen molar-refractivity contribution in [2.75, 3.05) is 37.2 Å². The van der Waals surface area contributed by atoms with Gasteiger partial charge in [0.1, 0.15) is 11.5 Å². The molecule has 0 spiro atoms. The lowest BCUT2D eigenvalue weighted by Gasteiger charge is -2.15. The van der Waals surface area contributed by atoms with E-state index >= 15 is 0 Å². The monoisotopic (exact) mass is 529 g/mol. The second kappa shape index (κ2) is 14.9. The van der Waals surface area contributed by atoms with Crippen molar-refractivity contribution in [3.8, 4) is 11.3 Å². The highest BCUT2D eigenvalue weighted by atomic mass is 16.2. The summed E-state index contributed by atoms with van der Waals surface area (Å²) in [5, 5.41) is 8.42. The topological polar surface area (TPSA) is 115 Å². The van der Waals surface area contributed by atoms with Gasteiger partial charge in [-0.05, 0) is 44.0 Å². The first kappa shape index (κ1) is 29.6. The highest BCUT2D eigenvalue weighted by Crippen LogP contribution is 2.33. The fraction of sp³-hybridized carbons (Fsp3) is 0.387. The summed E-state index contributed by atoms with van der Waals surface area (Å²) in [4.78, 5) is 19.1. The summed E-state index contributed by atoms with van der Waals surface area (Å²) in [6.45, 7) is 10.5. The van der Waals surface area contributed by atoms with E-state index in [9.17, 15) is 4.79 Å². The number of hydrogen-bond donors (Lipinski definition) is 3. The molecule has 4 rings (SSSR count). The molecule has 3 aromatic rings. The van der Waals surface area contributed by atoms with E-state index in [-0.39, 0.29) is 11.9 Å². The third-order valence-corrected chi connectivity index (χ3v) is 6.61. The Morgan fingerprint density at radius 3 is 2.49 bits per heavy atom. The molecule has 208 valence electrons. The molecule has 1 fully saturated rings. The van der Waals surface area contributed by atoms with Gasteiger partial charge in [-0.3, -0.25) is 9.79 Å². The number of likely N-dealkylation sites (tertiary alicyclic amines) is 1. The molecule has 0 aliphatic carbocycles. The van der Waals surface area contributed by atoms with Crippen LogP contribution in [0, 0.1) is 0 Å². The zero-order valence-electron chi connectivity index (χ0n) is 23.7. The van der Waals surface area contributed by atoms with Crippen LogP contribution in [0.4, 0.5) is 17.2 Å². The Morgan fingerprint density at radius 2 is 1.82 bits per heavy atom. The van der Waals surface area contributed by atoms with Gasteiger partial charge in [-0.15, -0.1) is 0 Å². The number of aromatic nitrogens is 2. The van der Waals surface area contributed by atoms with E-state index in [4.69, 9.17) is 21.6 Å². The first-order chi connectivity index (χ1) is 19.0. The molecule has 2 aromatic carbocycles. The molecular formula is C31H43N7O. The molecule has 8 heteroatoms. The van der Waals surface area contributed by atoms with Crippen LogP contribution in [0.25, 0.3) is 11.3 Å². The Morgan fingerprint density at radius 1 is 1.13 bits per heavy atom. The van der Waals surface area contributed by atoms with Crippen LogP contribution in [0.2, 0.25) is 0 Å². The molecule has 2 heterocycles. The van der Waals surface area contributed by atoms with Gasteiger partial charge in [0.25, 0.3) is 0 Å². The number of carbonyl (C=O) groups is 1. The molecule has 1 unspecified atom stereocenters. The number of benzene rings is 2. The molecule has 1 amide bonds. The van der Waals surface area contributed by atoms with Crippen molar-refractivity contribution in [3.63, 3.8) is 0 Å². The lowest BCUT2D eigenvalue weighted by atomic mass is 10.0. The molecule has 5 N–H and O–H groups in total. The molecule has 39 heavy (non-hydrogen) atoms. The summed E-state index contributed by atoms with van der Waals surface area (Å²) in [6, 6.07) is 18.3. The van der Waals surface area contributed by atoms with Crippen LogP contribution in [0.5, 0.6) is 0 Å². The van der Waals surface area contributed by atoms with E-state index in [1.165, 1.54) is 0 Å². The molecule has 1 saturated heterocycles. The van der Waals surface area contributed by atoms with Gasteiger partial charge >= 0.3 is 0 Å². The van der Waals surface area contributed by atoms with Crippen molar-refractivity contribution in [2.45, 2.75) is 53.0 Å². The van der Waals surface area contributed by atoms with Crippen LogP contribution < -0.4 is 16.8 Å². The average Bonchev–Trinajstić information content (AvgIpc) is 3.59. The standard InChI is InChI=1S/C29H37N7O.C2H6/c1-3-4-18-32-21(2)27-28(22-12-14-24(15-13-22)33-23-9-6-5-7-10-23)34-36(29(27)31)25-16-19-35(20-25)26(37)11-8-17-30;1-2/h5-15,25,33H,3-4,16-20,30-31H2,1-2H3;1-2H3/b11-8+,32-21?;. The number of unbranched alkanes of at least 4 members (excludes halogenated alkanes) is 1. The quantitative estimate of drug-likeness (QED) is 0.174. The maximum Gasteiger partial charge on any atom is 0.246 e. The molecule has 8 nitrogen and oxygen atoms in total. The first-order valence-corrected chi connectivity index (χ1v) is 14.0. The number of amides is 1. The van der Waals surface area contributed by atoms with Crippen LogP contribution in [0.3, 0.4) is 0 Å². The van der Waals surface area contributed by atoms with E-state index in [1.807, 2.05) is 72.8 Å². The molecule has 1 aromatic heterocycles. The Hall–Kier alpha value is -3.91. The highest BCUT2D eigenvalue weighted by molar-refractivity contribution is 6.07. The number of anilines is 3. The van der Waals surface area contributed by atoms with E-state index < -0.39 is 0 Å². The van der Waals surface area contributed by atoms with Gasteiger partial charge in [-0.25, -0.2) is 4.68 Å². The van der Waals surface area contributed by atoms with Gasteiger partial charge in [0.15, 0.2) is 0 Å². The predicted molar refractivity (Wildman–Crippen MR) is 164 cm³/mol. The summed E-state index contributed by atoms with van der Waals surface area (Å²) in [5.74, 6) is 0.564. The van der Waals surface area contributed by atoms with E-state index in [0.29, 0.717) is 25.5 Å². The molecule has 1 aliphatic rings. The van der Waals surface area contributed by atoms with Crippen molar-refractivity contribution >= 4 is 28.8 Å². The Kier molecular flexibility index (Phi) is 11.3. The molecule has 0 saturated carbocycles. The number of nitrogens with zero attached hydrogens (tertiary/aromatic N) is 4. The number of rotatable bonds is 10. The maximum absolute atomic E-state index is 12.5. The second-order valence-corrected chi connectivity index (χ2v) is 9.31. The van der Waals surface area contributed by atoms with Crippen molar-refractivity contribution in [2.24, 2.45) is 10.7 Å². The molecule has 0 radical (unpaired) electrons. The third-order valence-electron chi connectivity index (χ3n) is 6.61. The number of nitrogens with two attached hydrogens (primary N) is 2. The summed E-state index contributed by atoms with van der Waals surface area (Å²) in [6.07, 6.45) is 6.12. The van der Waals surface area contributed by atoms with Crippen molar-refractivity contribution in [1.82, 2.24) is 14.7 Å². The zero-order valence-corrected chi connectivity index (χ0v) is 23.7. The third kappa shape index (κ3) is 7.57. The number of para-hydroxylation sites is 1. The smallest absolute Gasteiger partial charge is 0.246 e. The summed E-state index contributed by atoms with van der Waals surface area (Å²) in [7, 11) is 0. The largest absolute Gasteiger partial charge is 0.383 e. The first-order valence-electron chi connectivity index (χ1n) is 14.0. The van der Waals surface area contributed by atoms with Crippen molar-refractivity contribution < 1.29 is 4.79 Å². The molecule has 0 bridgehead atoms. The maximum atomic E-state index is 12.5. The Bertz CT molecular complexity index is 1250. The van der Waals surface area contributed by atoms with E-state index in [0.717, 1.165) is 59.7 Å². The lowest BCUT2D eigenvalue weighted by Crippen LogP contribution is -2.28. The molecule has 1 atom stereocenters. The number of hydrogen-bond acceptors (Lipinski definition) is 6. The van der Waals surface area contributed by atoms with Crippen LogP contribution in [-0.2, 0) is 4.79 Å². The van der Waals surface area contributed by atoms with E-state index in [1.54, 1.807) is 12.2 Å². The molecular weight excluding hydrogens is 486 g/mol. The predicted octanol–water partition coefficient (Wildman–Crippen LogP) is 5.80. The normalized spacial score (nSPS) is 15.4. The van der Waals surface area contributed by atoms with Gasteiger partial charge in [0.2, 0.25) is 5.91 Å². The lowest BCUT2D eigenvalue weighted by molar-refractivity contribution is -0.125. The number of aliphatic imine (C=N–C) groups is 1. The summed E-state index contributed by atoms with van der Waals surface area (Å²) < 4.78 is 1.89. The van der Waals surface area contributed by atoms with Gasteiger partial charge < -0.3 is 21.7 Å². The number of carbonyl (C=O) groups excluding carboxylic acids is 1. The van der Waals surface area contributed by atoms with Crippen molar-refractivity contribution in [3.05, 3.63) is 72.3 Å². The van der Waals surface area contributed by atoms with E-state index in [2.05, 4.69) is 24.4 Å². The van der Waals surface area contributed by atoms with Gasteiger partial charge in [0.05, 0.1) is 11.6 Å². The van der Waals surface area contributed by atoms with Gasteiger partial charge in [-0.1, -0.05) is 63.6 Å². The SMILES string of the molecule is CC.CCCCN=C(C)c1c(-c2ccc(Nc3ccccc3)cc2)nn(C2CCN(C(=O)/C=C/CN)C2)c1N. The minimum Gasteiger partial charge on any atom is -0.383 e. The van der Waals surface area contributed by atoms with Crippen LogP contribution in [0.15, 0.2) is 71.7 Å². The van der Waals surface area contributed by atoms with Crippen LogP contribution in [0.1, 0.15) is 58.6 Å². The summed E-state index contributed by atoms with van der Waals surface area (Å²) >= 11 is 0. The van der Waals surface area contributed by atoms with Gasteiger partial charge in [-0.2, -0.15) is 5.10 Å². The van der Waals surface area contributed by atoms with Crippen LogP contribution >= 0.6 is 0 Å². The molecule has 1 aliphatic heterocycles. The minimum absolute atomic E-state index is 0.00480. The second-order valence-electron chi connectivity index (χ2n) is 9.31. The van der Waals surface area contributed by atoms with Crippen molar-refractivity contribution in [1.29, 1.82) is 0 Å².